The van der Waals surface area contributed by atoms with Gasteiger partial charge in [0.15, 0.2) is 5.60 Å². The average Bonchev–Trinajstić information content (AvgIpc) is 2.79. The highest BCUT2D eigenvalue weighted by Gasteiger charge is 2.48. The SMILES string of the molecule is C=CCN1CCC(OC(=O)CC)(c2ccccc2)C1C. The fourth-order valence-corrected chi connectivity index (χ4v) is 3.00. The first-order chi connectivity index (χ1) is 9.64. The standard InChI is InChI=1S/C17H23NO2/c1-4-12-18-13-11-17(14(18)3,20-16(19)5-2)15-9-7-6-8-10-15/h4,6-10,14H,1,5,11-13H2,2-3H3. The molecule has 0 radical (unpaired) electrons. The molecule has 0 N–H and O–H groups in total. The summed E-state index contributed by atoms with van der Waals surface area (Å²) < 4.78 is 5.91. The maximum absolute atomic E-state index is 11.9. The van der Waals surface area contributed by atoms with Crippen molar-refractivity contribution < 1.29 is 9.53 Å². The van der Waals surface area contributed by atoms with Crippen molar-refractivity contribution in [3.63, 3.8) is 0 Å². The average molecular weight is 273 g/mol. The number of hydrogen-bond acceptors (Lipinski definition) is 3. The number of hydrogen-bond donors (Lipinski definition) is 0. The predicted octanol–water partition coefficient (Wildman–Crippen LogP) is 3.12. The lowest BCUT2D eigenvalue weighted by molar-refractivity contribution is -0.163. The Morgan fingerprint density at radius 1 is 1.50 bits per heavy atom. The molecule has 0 bridgehead atoms. The zero-order valence-electron chi connectivity index (χ0n) is 12.3. The van der Waals surface area contributed by atoms with Crippen LogP contribution in [0.3, 0.4) is 0 Å². The summed E-state index contributed by atoms with van der Waals surface area (Å²) >= 11 is 0. The van der Waals surface area contributed by atoms with Crippen molar-refractivity contribution in [1.82, 2.24) is 4.90 Å². The minimum absolute atomic E-state index is 0.138. The number of esters is 1. The van der Waals surface area contributed by atoms with Crippen LogP contribution in [0.1, 0.15) is 32.3 Å². The molecule has 0 amide bonds. The van der Waals surface area contributed by atoms with Gasteiger partial charge in [0.05, 0.1) is 6.04 Å². The summed E-state index contributed by atoms with van der Waals surface area (Å²) in [6, 6.07) is 10.2. The molecule has 0 spiro atoms. The zero-order chi connectivity index (χ0) is 14.6. The molecule has 1 aliphatic heterocycles. The maximum atomic E-state index is 11.9. The molecule has 1 aliphatic rings. The second-order valence-electron chi connectivity index (χ2n) is 5.29. The van der Waals surface area contributed by atoms with Crippen molar-refractivity contribution >= 4 is 5.97 Å². The normalized spacial score (nSPS) is 26.4. The van der Waals surface area contributed by atoms with Gasteiger partial charge in [0.25, 0.3) is 0 Å². The Hall–Kier alpha value is -1.61. The summed E-state index contributed by atoms with van der Waals surface area (Å²) in [5.41, 5.74) is 0.554. The summed E-state index contributed by atoms with van der Waals surface area (Å²) in [5, 5.41) is 0. The topological polar surface area (TPSA) is 29.5 Å². The number of nitrogens with zero attached hydrogens (tertiary/aromatic N) is 1. The summed E-state index contributed by atoms with van der Waals surface area (Å²) in [6.45, 7) is 9.51. The number of rotatable bonds is 5. The monoisotopic (exact) mass is 273 g/mol. The molecule has 2 rings (SSSR count). The van der Waals surface area contributed by atoms with Crippen LogP contribution in [-0.2, 0) is 15.1 Å². The molecule has 3 nitrogen and oxygen atoms in total. The van der Waals surface area contributed by atoms with E-state index in [4.69, 9.17) is 4.74 Å². The molecule has 0 aromatic heterocycles. The van der Waals surface area contributed by atoms with E-state index in [-0.39, 0.29) is 12.0 Å². The van der Waals surface area contributed by atoms with Crippen LogP contribution in [-0.4, -0.2) is 30.0 Å². The van der Waals surface area contributed by atoms with Crippen LogP contribution < -0.4 is 0 Å². The number of benzene rings is 1. The van der Waals surface area contributed by atoms with Gasteiger partial charge < -0.3 is 4.74 Å². The van der Waals surface area contributed by atoms with E-state index >= 15 is 0 Å². The highest BCUT2D eigenvalue weighted by Crippen LogP contribution is 2.41. The van der Waals surface area contributed by atoms with Gasteiger partial charge in [0.2, 0.25) is 0 Å². The molecular weight excluding hydrogens is 250 g/mol. The van der Waals surface area contributed by atoms with E-state index in [1.165, 1.54) is 0 Å². The molecular formula is C17H23NO2. The molecule has 108 valence electrons. The first-order valence-corrected chi connectivity index (χ1v) is 7.26. The van der Waals surface area contributed by atoms with Gasteiger partial charge in [-0.15, -0.1) is 6.58 Å². The van der Waals surface area contributed by atoms with Crippen LogP contribution >= 0.6 is 0 Å². The first kappa shape index (κ1) is 14.8. The molecule has 1 aromatic carbocycles. The molecule has 1 heterocycles. The van der Waals surface area contributed by atoms with Crippen molar-refractivity contribution in [1.29, 1.82) is 0 Å². The highest BCUT2D eigenvalue weighted by atomic mass is 16.6. The third kappa shape index (κ3) is 2.63. The molecule has 2 unspecified atom stereocenters. The van der Waals surface area contributed by atoms with Crippen LogP contribution in [0.4, 0.5) is 0 Å². The lowest BCUT2D eigenvalue weighted by Gasteiger charge is -2.36. The van der Waals surface area contributed by atoms with Gasteiger partial charge in [-0.1, -0.05) is 43.3 Å². The summed E-state index contributed by atoms with van der Waals surface area (Å²) in [6.07, 6.45) is 3.14. The number of ether oxygens (including phenoxy) is 1. The number of likely N-dealkylation sites (tertiary alicyclic amines) is 1. The molecule has 3 heteroatoms. The van der Waals surface area contributed by atoms with Crippen LogP contribution in [0.2, 0.25) is 0 Å². The van der Waals surface area contributed by atoms with Gasteiger partial charge in [-0.3, -0.25) is 9.69 Å². The minimum Gasteiger partial charge on any atom is -0.452 e. The molecule has 1 saturated heterocycles. The zero-order valence-corrected chi connectivity index (χ0v) is 12.3. The van der Waals surface area contributed by atoms with Gasteiger partial charge in [-0.05, 0) is 12.5 Å². The smallest absolute Gasteiger partial charge is 0.306 e. The van der Waals surface area contributed by atoms with Crippen LogP contribution in [0.25, 0.3) is 0 Å². The van der Waals surface area contributed by atoms with E-state index < -0.39 is 5.60 Å². The van der Waals surface area contributed by atoms with Crippen molar-refractivity contribution in [2.75, 3.05) is 13.1 Å². The van der Waals surface area contributed by atoms with E-state index in [9.17, 15) is 4.79 Å². The third-order valence-electron chi connectivity index (χ3n) is 4.20. The molecule has 0 aliphatic carbocycles. The molecule has 1 fully saturated rings. The van der Waals surface area contributed by atoms with Gasteiger partial charge in [-0.2, -0.15) is 0 Å². The van der Waals surface area contributed by atoms with Gasteiger partial charge >= 0.3 is 5.97 Å². The summed E-state index contributed by atoms with van der Waals surface area (Å²) in [5.74, 6) is -0.138. The molecule has 1 aromatic rings. The fourth-order valence-electron chi connectivity index (χ4n) is 3.00. The Labute approximate surface area is 121 Å². The quantitative estimate of drug-likeness (QED) is 0.610. The second kappa shape index (κ2) is 6.23. The van der Waals surface area contributed by atoms with Crippen molar-refractivity contribution in [3.05, 3.63) is 48.6 Å². The van der Waals surface area contributed by atoms with Crippen molar-refractivity contribution in [2.24, 2.45) is 0 Å². The van der Waals surface area contributed by atoms with Crippen LogP contribution in [0.15, 0.2) is 43.0 Å². The van der Waals surface area contributed by atoms with Gasteiger partial charge in [0, 0.05) is 25.9 Å². The van der Waals surface area contributed by atoms with E-state index in [1.54, 1.807) is 0 Å². The van der Waals surface area contributed by atoms with Crippen LogP contribution in [0, 0.1) is 0 Å². The number of carbonyl (C=O) groups is 1. The molecule has 20 heavy (non-hydrogen) atoms. The molecule has 0 saturated carbocycles. The molecule has 2 atom stereocenters. The Morgan fingerprint density at radius 2 is 2.20 bits per heavy atom. The van der Waals surface area contributed by atoms with E-state index in [2.05, 4.69) is 30.5 Å². The van der Waals surface area contributed by atoms with Crippen molar-refractivity contribution in [2.45, 2.75) is 38.3 Å². The Kier molecular flexibility index (Phi) is 4.61. The lowest BCUT2D eigenvalue weighted by atomic mass is 9.87. The predicted molar refractivity (Wildman–Crippen MR) is 80.4 cm³/mol. The summed E-state index contributed by atoms with van der Waals surface area (Å²) in [7, 11) is 0. The second-order valence-corrected chi connectivity index (χ2v) is 5.29. The maximum Gasteiger partial charge on any atom is 0.306 e. The largest absolute Gasteiger partial charge is 0.452 e. The lowest BCUT2D eigenvalue weighted by Crippen LogP contribution is -2.43. The van der Waals surface area contributed by atoms with E-state index in [0.29, 0.717) is 6.42 Å². The van der Waals surface area contributed by atoms with Gasteiger partial charge in [0.1, 0.15) is 0 Å². The highest BCUT2D eigenvalue weighted by molar-refractivity contribution is 5.70. The Morgan fingerprint density at radius 3 is 2.80 bits per heavy atom. The Balaban J connectivity index is 2.35. The first-order valence-electron chi connectivity index (χ1n) is 7.26. The Bertz CT molecular complexity index is 471. The third-order valence-corrected chi connectivity index (χ3v) is 4.20. The fraction of sp³-hybridized carbons (Fsp3) is 0.471. The summed E-state index contributed by atoms with van der Waals surface area (Å²) in [4.78, 5) is 14.2. The van der Waals surface area contributed by atoms with Gasteiger partial charge in [-0.25, -0.2) is 0 Å². The number of carbonyl (C=O) groups excluding carboxylic acids is 1. The van der Waals surface area contributed by atoms with Crippen molar-refractivity contribution in [3.8, 4) is 0 Å². The van der Waals surface area contributed by atoms with Crippen LogP contribution in [0.5, 0.6) is 0 Å². The minimum atomic E-state index is -0.530. The van der Waals surface area contributed by atoms with E-state index in [0.717, 1.165) is 25.1 Å². The van der Waals surface area contributed by atoms with E-state index in [1.807, 2.05) is 31.2 Å².